The number of piperidine rings is 1. The van der Waals surface area contributed by atoms with Crippen LogP contribution in [0, 0.1) is 12.7 Å². The molecule has 17 heavy (non-hydrogen) atoms. The van der Waals surface area contributed by atoms with Gasteiger partial charge in [-0.15, -0.1) is 0 Å². The van der Waals surface area contributed by atoms with Crippen LogP contribution in [0.2, 0.25) is 0 Å². The number of aryl methyl sites for hydroxylation is 1. The van der Waals surface area contributed by atoms with Crippen LogP contribution in [0.25, 0.3) is 0 Å². The predicted molar refractivity (Wildman–Crippen MR) is 73.1 cm³/mol. The van der Waals surface area contributed by atoms with Crippen molar-refractivity contribution in [3.8, 4) is 0 Å². The van der Waals surface area contributed by atoms with E-state index >= 15 is 0 Å². The molecule has 0 amide bonds. The minimum Gasteiger partial charge on any atom is -0.370 e. The van der Waals surface area contributed by atoms with Crippen LogP contribution in [0.3, 0.4) is 0 Å². The molecule has 1 unspecified atom stereocenters. The first-order chi connectivity index (χ1) is 8.11. The predicted octanol–water partition coefficient (Wildman–Crippen LogP) is 3.08. The van der Waals surface area contributed by atoms with Crippen LogP contribution in [0.1, 0.15) is 18.4 Å². The molecule has 1 atom stereocenters. The molecule has 2 rings (SSSR count). The zero-order chi connectivity index (χ0) is 12.4. The number of likely N-dealkylation sites (N-methyl/N-ethyl adjacent to an activating group) is 1. The topological polar surface area (TPSA) is 15.3 Å². The molecule has 0 spiro atoms. The number of nitrogens with zero attached hydrogens (tertiary/aromatic N) is 1. The van der Waals surface area contributed by atoms with Gasteiger partial charge in [-0.25, -0.2) is 4.39 Å². The molecule has 0 aromatic heterocycles. The summed E-state index contributed by atoms with van der Waals surface area (Å²) in [6.45, 7) is 4.00. The van der Waals surface area contributed by atoms with E-state index in [-0.39, 0.29) is 5.82 Å². The standard InChI is InChI=1S/C13H18BrFN2/c1-9-6-11(14)12(15)7-13(9)17-5-3-4-10(8-17)16-2/h6-7,10,16H,3-5,8H2,1-2H3. The van der Waals surface area contributed by atoms with Gasteiger partial charge in [-0.1, -0.05) is 0 Å². The zero-order valence-electron chi connectivity index (χ0n) is 10.3. The number of rotatable bonds is 2. The summed E-state index contributed by atoms with van der Waals surface area (Å²) in [5.41, 5.74) is 2.14. The molecule has 0 aliphatic carbocycles. The number of halogens is 2. The van der Waals surface area contributed by atoms with Crippen molar-refractivity contribution < 1.29 is 4.39 Å². The fourth-order valence-electron chi connectivity index (χ4n) is 2.41. The zero-order valence-corrected chi connectivity index (χ0v) is 11.8. The van der Waals surface area contributed by atoms with E-state index < -0.39 is 0 Å². The number of nitrogens with one attached hydrogen (secondary N) is 1. The van der Waals surface area contributed by atoms with Crippen molar-refractivity contribution in [2.24, 2.45) is 0 Å². The van der Waals surface area contributed by atoms with Crippen molar-refractivity contribution in [3.63, 3.8) is 0 Å². The lowest BCUT2D eigenvalue weighted by atomic mass is 10.0. The van der Waals surface area contributed by atoms with Crippen LogP contribution >= 0.6 is 15.9 Å². The van der Waals surface area contributed by atoms with Gasteiger partial charge in [0, 0.05) is 24.8 Å². The Morgan fingerprint density at radius 3 is 2.94 bits per heavy atom. The summed E-state index contributed by atoms with van der Waals surface area (Å²) in [4.78, 5) is 2.27. The van der Waals surface area contributed by atoms with Gasteiger partial charge in [-0.05, 0) is 60.4 Å². The Labute approximate surface area is 110 Å². The van der Waals surface area contributed by atoms with Crippen molar-refractivity contribution in [3.05, 3.63) is 28.0 Å². The molecule has 1 N–H and O–H groups in total. The lowest BCUT2D eigenvalue weighted by molar-refractivity contribution is 0.449. The molecular formula is C13H18BrFN2. The fraction of sp³-hybridized carbons (Fsp3) is 0.538. The molecule has 0 bridgehead atoms. The third kappa shape index (κ3) is 2.80. The van der Waals surface area contributed by atoms with Gasteiger partial charge < -0.3 is 10.2 Å². The van der Waals surface area contributed by atoms with Crippen molar-refractivity contribution in [1.29, 1.82) is 0 Å². The first kappa shape index (κ1) is 12.8. The largest absolute Gasteiger partial charge is 0.370 e. The maximum absolute atomic E-state index is 13.6. The lowest BCUT2D eigenvalue weighted by Gasteiger charge is -2.35. The van der Waals surface area contributed by atoms with E-state index in [1.165, 1.54) is 6.42 Å². The van der Waals surface area contributed by atoms with E-state index in [0.29, 0.717) is 10.5 Å². The van der Waals surface area contributed by atoms with Crippen molar-refractivity contribution in [2.75, 3.05) is 25.0 Å². The molecule has 1 aliphatic heterocycles. The highest BCUT2D eigenvalue weighted by molar-refractivity contribution is 9.10. The van der Waals surface area contributed by atoms with Crippen LogP contribution in [0.5, 0.6) is 0 Å². The minimum absolute atomic E-state index is 0.183. The summed E-state index contributed by atoms with van der Waals surface area (Å²) >= 11 is 3.22. The summed E-state index contributed by atoms with van der Waals surface area (Å²) in [7, 11) is 1.99. The average molecular weight is 301 g/mol. The number of hydrogen-bond acceptors (Lipinski definition) is 2. The first-order valence-corrected chi connectivity index (χ1v) is 6.79. The van der Waals surface area contributed by atoms with Crippen LogP contribution in [0.15, 0.2) is 16.6 Å². The Kier molecular flexibility index (Phi) is 4.05. The van der Waals surface area contributed by atoms with Gasteiger partial charge in [0.25, 0.3) is 0 Å². The molecule has 1 aliphatic rings. The van der Waals surface area contributed by atoms with Gasteiger partial charge in [0.05, 0.1) is 4.47 Å². The Bertz CT molecular complexity index is 409. The maximum atomic E-state index is 13.6. The third-order valence-corrected chi connectivity index (χ3v) is 4.02. The van der Waals surface area contributed by atoms with Gasteiger partial charge in [0.1, 0.15) is 5.82 Å². The quantitative estimate of drug-likeness (QED) is 0.903. The molecule has 1 saturated heterocycles. The molecule has 0 saturated carbocycles. The average Bonchev–Trinajstić information content (AvgIpc) is 2.34. The highest BCUT2D eigenvalue weighted by Gasteiger charge is 2.20. The van der Waals surface area contributed by atoms with E-state index in [0.717, 1.165) is 30.8 Å². The van der Waals surface area contributed by atoms with Gasteiger partial charge in [-0.3, -0.25) is 0 Å². The van der Waals surface area contributed by atoms with Crippen LogP contribution in [0.4, 0.5) is 10.1 Å². The Balaban J connectivity index is 2.24. The Morgan fingerprint density at radius 2 is 2.24 bits per heavy atom. The third-order valence-electron chi connectivity index (χ3n) is 3.41. The summed E-state index contributed by atoms with van der Waals surface area (Å²) in [5.74, 6) is -0.183. The van der Waals surface area contributed by atoms with E-state index in [1.807, 2.05) is 20.0 Å². The van der Waals surface area contributed by atoms with E-state index in [1.54, 1.807) is 6.07 Å². The molecule has 1 fully saturated rings. The molecule has 2 nitrogen and oxygen atoms in total. The molecule has 0 radical (unpaired) electrons. The summed E-state index contributed by atoms with van der Waals surface area (Å²) < 4.78 is 14.1. The van der Waals surface area contributed by atoms with E-state index in [9.17, 15) is 4.39 Å². The number of hydrogen-bond donors (Lipinski definition) is 1. The van der Waals surface area contributed by atoms with Gasteiger partial charge in [-0.2, -0.15) is 0 Å². The second-order valence-corrected chi connectivity index (χ2v) is 5.48. The minimum atomic E-state index is -0.183. The normalized spacial score (nSPS) is 20.7. The van der Waals surface area contributed by atoms with E-state index in [2.05, 4.69) is 26.1 Å². The SMILES string of the molecule is CNC1CCCN(c2cc(F)c(Br)cc2C)C1. The second kappa shape index (κ2) is 5.36. The summed E-state index contributed by atoms with van der Waals surface area (Å²) in [6, 6.07) is 4.00. The molecular weight excluding hydrogens is 283 g/mol. The smallest absolute Gasteiger partial charge is 0.139 e. The molecule has 1 aromatic rings. The molecule has 1 aromatic carbocycles. The van der Waals surface area contributed by atoms with Crippen LogP contribution in [-0.2, 0) is 0 Å². The molecule has 1 heterocycles. The Hall–Kier alpha value is -0.610. The number of anilines is 1. The highest BCUT2D eigenvalue weighted by Crippen LogP contribution is 2.28. The van der Waals surface area contributed by atoms with Gasteiger partial charge >= 0.3 is 0 Å². The van der Waals surface area contributed by atoms with Crippen molar-refractivity contribution in [1.82, 2.24) is 5.32 Å². The summed E-state index contributed by atoms with van der Waals surface area (Å²) in [6.07, 6.45) is 2.35. The first-order valence-electron chi connectivity index (χ1n) is 5.99. The maximum Gasteiger partial charge on any atom is 0.139 e. The van der Waals surface area contributed by atoms with Crippen molar-refractivity contribution in [2.45, 2.75) is 25.8 Å². The molecule has 94 valence electrons. The monoisotopic (exact) mass is 300 g/mol. The Morgan fingerprint density at radius 1 is 1.47 bits per heavy atom. The lowest BCUT2D eigenvalue weighted by Crippen LogP contribution is -2.44. The van der Waals surface area contributed by atoms with Crippen LogP contribution < -0.4 is 10.2 Å². The van der Waals surface area contributed by atoms with Crippen molar-refractivity contribution >= 4 is 21.6 Å². The highest BCUT2D eigenvalue weighted by atomic mass is 79.9. The number of benzene rings is 1. The second-order valence-electron chi connectivity index (χ2n) is 4.63. The van der Waals surface area contributed by atoms with Gasteiger partial charge in [0.15, 0.2) is 0 Å². The van der Waals surface area contributed by atoms with Gasteiger partial charge in [0.2, 0.25) is 0 Å². The molecule has 4 heteroatoms. The fourth-order valence-corrected chi connectivity index (χ4v) is 2.87. The summed E-state index contributed by atoms with van der Waals surface area (Å²) in [5, 5.41) is 3.30. The van der Waals surface area contributed by atoms with Crippen LogP contribution in [-0.4, -0.2) is 26.2 Å². The van der Waals surface area contributed by atoms with E-state index in [4.69, 9.17) is 0 Å².